The van der Waals surface area contributed by atoms with Crippen LogP contribution in [0, 0.1) is 0 Å². The van der Waals surface area contributed by atoms with Crippen LogP contribution < -0.4 is 15.1 Å². The van der Waals surface area contributed by atoms with E-state index < -0.39 is 0 Å². The average Bonchev–Trinajstić information content (AvgIpc) is 3.55. The SMILES string of the molecule is CC1=C(C(=O)Nc2ccc3[nH]nc(-c4ccnc(N5CCO[C@@H](C)C5)c4)c3c2)[C@@H](C)n2nnnc2N1C. The number of aromatic amines is 1. The second-order valence-electron chi connectivity index (χ2n) is 9.47. The van der Waals surface area contributed by atoms with Crippen molar-refractivity contribution in [3.63, 3.8) is 0 Å². The lowest BCUT2D eigenvalue weighted by Gasteiger charge is -2.32. The van der Waals surface area contributed by atoms with Crippen LogP contribution in [0.5, 0.6) is 0 Å². The first kappa shape index (κ1) is 23.1. The fraction of sp³-hybridized carbons (Fsp3) is 0.360. The Morgan fingerprint density at radius 3 is 2.92 bits per heavy atom. The summed E-state index contributed by atoms with van der Waals surface area (Å²) in [6.45, 7) is 8.16. The van der Waals surface area contributed by atoms with Crippen molar-refractivity contribution in [2.75, 3.05) is 41.9 Å². The van der Waals surface area contributed by atoms with Crippen molar-refractivity contribution in [2.24, 2.45) is 0 Å². The number of tetrazole rings is 1. The molecule has 0 bridgehead atoms. The number of ether oxygens (including phenoxy) is 1. The third kappa shape index (κ3) is 3.99. The van der Waals surface area contributed by atoms with Crippen LogP contribution >= 0.6 is 0 Å². The minimum absolute atomic E-state index is 0.161. The molecule has 2 atom stereocenters. The van der Waals surface area contributed by atoms with E-state index in [1.807, 2.05) is 50.1 Å². The standard InChI is InChI=1S/C25H28N10O2/c1-14-13-34(9-10-37-14)21-11-17(7-8-26-21)23-19-12-18(5-6-20(19)28-29-23)27-24(36)22-15(2)33(4)25-30-31-32-35(25)16(22)3/h5-8,11-12,14,16H,9-10,13H2,1-4H3,(H,27,36)(H,28,29)/t14-,16+/m0/s1. The number of anilines is 3. The molecule has 0 aliphatic carbocycles. The zero-order valence-electron chi connectivity index (χ0n) is 21.1. The van der Waals surface area contributed by atoms with E-state index in [1.54, 1.807) is 10.9 Å². The number of rotatable bonds is 4. The molecular formula is C25H28N10O2. The number of benzene rings is 1. The summed E-state index contributed by atoms with van der Waals surface area (Å²) >= 11 is 0. The van der Waals surface area contributed by atoms with Crippen molar-refractivity contribution in [1.29, 1.82) is 0 Å². The molecule has 0 saturated carbocycles. The molecule has 6 rings (SSSR count). The molecule has 2 N–H and O–H groups in total. The fourth-order valence-corrected chi connectivity index (χ4v) is 5.05. The number of nitrogens with one attached hydrogen (secondary N) is 2. The van der Waals surface area contributed by atoms with E-state index in [0.717, 1.165) is 46.8 Å². The number of hydrogen-bond acceptors (Lipinski definition) is 9. The molecule has 4 aromatic rings. The normalized spacial score (nSPS) is 19.9. The van der Waals surface area contributed by atoms with Gasteiger partial charge in [0.1, 0.15) is 11.5 Å². The predicted molar refractivity (Wildman–Crippen MR) is 139 cm³/mol. The lowest BCUT2D eigenvalue weighted by Crippen LogP contribution is -2.41. The topological polar surface area (TPSA) is 130 Å². The largest absolute Gasteiger partial charge is 0.375 e. The Hall–Kier alpha value is -4.32. The Morgan fingerprint density at radius 1 is 1.22 bits per heavy atom. The maximum atomic E-state index is 13.4. The Morgan fingerprint density at radius 2 is 2.08 bits per heavy atom. The molecule has 1 fully saturated rings. The maximum Gasteiger partial charge on any atom is 0.255 e. The molecule has 1 amide bonds. The van der Waals surface area contributed by atoms with Gasteiger partial charge in [0.2, 0.25) is 5.95 Å². The van der Waals surface area contributed by atoms with Crippen molar-refractivity contribution >= 4 is 34.3 Å². The fourth-order valence-electron chi connectivity index (χ4n) is 5.05. The van der Waals surface area contributed by atoms with E-state index >= 15 is 0 Å². The number of H-pyrrole nitrogens is 1. The molecule has 5 heterocycles. The van der Waals surface area contributed by atoms with Gasteiger partial charge < -0.3 is 19.9 Å². The number of nitrogens with zero attached hydrogens (tertiary/aromatic N) is 8. The van der Waals surface area contributed by atoms with Crippen LogP contribution in [0.1, 0.15) is 26.8 Å². The number of aromatic nitrogens is 7. The van der Waals surface area contributed by atoms with Crippen molar-refractivity contribution in [1.82, 2.24) is 35.4 Å². The highest BCUT2D eigenvalue weighted by atomic mass is 16.5. The van der Waals surface area contributed by atoms with Gasteiger partial charge in [-0.15, -0.1) is 0 Å². The molecule has 1 saturated heterocycles. The van der Waals surface area contributed by atoms with Crippen LogP contribution in [-0.4, -0.2) is 74.1 Å². The van der Waals surface area contributed by atoms with Gasteiger partial charge in [0.25, 0.3) is 5.91 Å². The number of hydrogen-bond donors (Lipinski definition) is 2. The van der Waals surface area contributed by atoms with E-state index in [4.69, 9.17) is 4.74 Å². The maximum absolute atomic E-state index is 13.4. The Bertz CT molecular complexity index is 1520. The lowest BCUT2D eigenvalue weighted by atomic mass is 10.0. The van der Waals surface area contributed by atoms with Crippen molar-refractivity contribution in [2.45, 2.75) is 32.9 Å². The molecule has 2 aliphatic heterocycles. The zero-order valence-corrected chi connectivity index (χ0v) is 21.1. The molecule has 12 heteroatoms. The first-order chi connectivity index (χ1) is 17.9. The monoisotopic (exact) mass is 500 g/mol. The van der Waals surface area contributed by atoms with Gasteiger partial charge in [-0.1, -0.05) is 5.10 Å². The molecule has 2 aliphatic rings. The summed E-state index contributed by atoms with van der Waals surface area (Å²) < 4.78 is 7.32. The molecule has 0 spiro atoms. The summed E-state index contributed by atoms with van der Waals surface area (Å²) in [6.07, 6.45) is 1.97. The molecule has 0 unspecified atom stereocenters. The second-order valence-corrected chi connectivity index (χ2v) is 9.47. The van der Waals surface area contributed by atoms with E-state index in [2.05, 4.69) is 53.9 Å². The van der Waals surface area contributed by atoms with Crippen molar-refractivity contribution < 1.29 is 9.53 Å². The van der Waals surface area contributed by atoms with Crippen LogP contribution in [0.15, 0.2) is 47.8 Å². The summed E-state index contributed by atoms with van der Waals surface area (Å²) in [5.74, 6) is 1.30. The summed E-state index contributed by atoms with van der Waals surface area (Å²) in [5, 5.41) is 23.5. The molecule has 37 heavy (non-hydrogen) atoms. The zero-order chi connectivity index (χ0) is 25.7. The van der Waals surface area contributed by atoms with Crippen LogP contribution in [-0.2, 0) is 9.53 Å². The van der Waals surface area contributed by atoms with E-state index in [9.17, 15) is 4.79 Å². The number of carbonyl (C=O) groups is 1. The Kier molecular flexibility index (Phi) is 5.60. The van der Waals surface area contributed by atoms with Gasteiger partial charge in [0, 0.05) is 48.7 Å². The molecule has 0 radical (unpaired) electrons. The Balaban J connectivity index is 1.29. The highest BCUT2D eigenvalue weighted by Gasteiger charge is 2.32. The van der Waals surface area contributed by atoms with Gasteiger partial charge in [-0.25, -0.2) is 9.67 Å². The smallest absolute Gasteiger partial charge is 0.255 e. The van der Waals surface area contributed by atoms with Gasteiger partial charge in [0.15, 0.2) is 0 Å². The second kappa shape index (κ2) is 8.96. The van der Waals surface area contributed by atoms with Crippen LogP contribution in [0.3, 0.4) is 0 Å². The van der Waals surface area contributed by atoms with E-state index in [1.165, 1.54) is 0 Å². The number of morpholine rings is 1. The summed E-state index contributed by atoms with van der Waals surface area (Å²) in [6, 6.07) is 9.43. The van der Waals surface area contributed by atoms with Crippen LogP contribution in [0.25, 0.3) is 22.2 Å². The molecule has 1 aromatic carbocycles. The first-order valence-corrected chi connectivity index (χ1v) is 12.3. The lowest BCUT2D eigenvalue weighted by molar-refractivity contribution is -0.113. The third-order valence-corrected chi connectivity index (χ3v) is 7.10. The van der Waals surface area contributed by atoms with Gasteiger partial charge >= 0.3 is 0 Å². The Labute approximate surface area is 213 Å². The average molecular weight is 501 g/mol. The highest BCUT2D eigenvalue weighted by molar-refractivity contribution is 6.07. The van der Waals surface area contributed by atoms with Crippen LogP contribution in [0.2, 0.25) is 0 Å². The van der Waals surface area contributed by atoms with Crippen LogP contribution in [0.4, 0.5) is 17.5 Å². The molecular weight excluding hydrogens is 472 g/mol. The minimum atomic E-state index is -0.299. The van der Waals surface area contributed by atoms with Gasteiger partial charge in [-0.05, 0) is 61.5 Å². The summed E-state index contributed by atoms with van der Waals surface area (Å²) in [5.41, 5.74) is 4.72. The summed E-state index contributed by atoms with van der Waals surface area (Å²) in [7, 11) is 1.85. The van der Waals surface area contributed by atoms with Gasteiger partial charge in [-0.2, -0.15) is 5.10 Å². The van der Waals surface area contributed by atoms with Crippen molar-refractivity contribution in [3.05, 3.63) is 47.8 Å². The molecule has 190 valence electrons. The number of fused-ring (bicyclic) bond motifs is 2. The molecule has 3 aromatic heterocycles. The van der Waals surface area contributed by atoms with Gasteiger partial charge in [-0.3, -0.25) is 9.89 Å². The van der Waals surface area contributed by atoms with E-state index in [-0.39, 0.29) is 18.1 Å². The van der Waals surface area contributed by atoms with E-state index in [0.29, 0.717) is 23.8 Å². The quantitative estimate of drug-likeness (QED) is 0.434. The number of amides is 1. The van der Waals surface area contributed by atoms with Gasteiger partial charge in [0.05, 0.1) is 29.8 Å². The number of pyridine rings is 1. The first-order valence-electron chi connectivity index (χ1n) is 12.3. The molecule has 12 nitrogen and oxygen atoms in total. The predicted octanol–water partition coefficient (Wildman–Crippen LogP) is 2.76. The number of allylic oxidation sites excluding steroid dienone is 1. The summed E-state index contributed by atoms with van der Waals surface area (Å²) in [4.78, 5) is 22.0. The third-order valence-electron chi connectivity index (χ3n) is 7.10. The minimum Gasteiger partial charge on any atom is -0.375 e. The van der Waals surface area contributed by atoms with Crippen molar-refractivity contribution in [3.8, 4) is 11.3 Å². The number of carbonyl (C=O) groups excluding carboxylic acids is 1. The highest BCUT2D eigenvalue weighted by Crippen LogP contribution is 2.34.